The Kier molecular flexibility index (Phi) is 6.78. The van der Waals surface area contributed by atoms with Crippen LogP contribution < -0.4 is 5.56 Å². The highest BCUT2D eigenvalue weighted by Crippen LogP contribution is 2.27. The average molecular weight is 671 g/mol. The van der Waals surface area contributed by atoms with Crippen molar-refractivity contribution in [1.29, 1.82) is 0 Å². The Morgan fingerprint density at radius 3 is 2.42 bits per heavy atom. The lowest BCUT2D eigenvalue weighted by Crippen LogP contribution is -2.29. The maximum Gasteiger partial charge on any atom is 0.282 e. The van der Waals surface area contributed by atoms with E-state index < -0.39 is 0 Å². The molecule has 0 radical (unpaired) electrons. The second-order valence-electron chi connectivity index (χ2n) is 9.67. The van der Waals surface area contributed by atoms with E-state index in [0.717, 1.165) is 35.4 Å². The quantitative estimate of drug-likeness (QED) is 0.183. The summed E-state index contributed by atoms with van der Waals surface area (Å²) in [6.07, 6.45) is 3.84. The van der Waals surface area contributed by atoms with E-state index in [-0.39, 0.29) is 11.0 Å². The number of hydrogen-bond donors (Lipinski definition) is 0. The van der Waals surface area contributed by atoms with E-state index in [1.54, 1.807) is 12.3 Å². The molecule has 0 N–H and O–H groups in total. The van der Waals surface area contributed by atoms with E-state index in [9.17, 15) is 4.79 Å². The predicted octanol–water partition coefficient (Wildman–Crippen LogP) is 7.87. The first kappa shape index (κ1) is 25.1. The summed E-state index contributed by atoms with van der Waals surface area (Å²) in [5, 5.41) is 6.29. The second kappa shape index (κ2) is 9.72. The van der Waals surface area contributed by atoms with Gasteiger partial charge in [-0.1, -0.05) is 92.8 Å². The van der Waals surface area contributed by atoms with Crippen LogP contribution in [0.25, 0.3) is 21.8 Å². The van der Waals surface area contributed by atoms with Gasteiger partial charge in [-0.3, -0.25) is 4.79 Å². The van der Waals surface area contributed by atoms with E-state index in [1.165, 1.54) is 4.68 Å². The predicted molar refractivity (Wildman–Crippen MR) is 158 cm³/mol. The van der Waals surface area contributed by atoms with Crippen LogP contribution in [0.15, 0.2) is 90.2 Å². The van der Waals surface area contributed by atoms with Gasteiger partial charge < -0.3 is 4.57 Å². The molecule has 5 nitrogen and oxygen atoms in total. The number of aromatic nitrogens is 3. The van der Waals surface area contributed by atoms with Crippen LogP contribution in [0, 0.1) is 0 Å². The normalized spacial score (nSPS) is 12.3. The van der Waals surface area contributed by atoms with E-state index in [0.29, 0.717) is 23.3 Å². The fourth-order valence-electron chi connectivity index (χ4n) is 4.20. The Morgan fingerprint density at radius 2 is 1.67 bits per heavy atom. The van der Waals surface area contributed by atoms with Crippen LogP contribution >= 0.6 is 47.8 Å². The van der Waals surface area contributed by atoms with Crippen molar-refractivity contribution in [3.05, 3.63) is 108 Å². The van der Waals surface area contributed by atoms with Gasteiger partial charge in [0.1, 0.15) is 5.82 Å². The van der Waals surface area contributed by atoms with E-state index in [4.69, 9.17) is 10.1 Å². The minimum Gasteiger partial charge on any atom is -0.342 e. The Balaban J connectivity index is 1.64. The highest BCUT2D eigenvalue weighted by Gasteiger charge is 2.23. The number of rotatable bonds is 4. The first-order valence-electron chi connectivity index (χ1n) is 11.4. The third kappa shape index (κ3) is 4.86. The van der Waals surface area contributed by atoms with Gasteiger partial charge in [0.25, 0.3) is 5.56 Å². The lowest BCUT2D eigenvalue weighted by Gasteiger charge is -2.20. The molecule has 0 aliphatic rings. The summed E-state index contributed by atoms with van der Waals surface area (Å²) in [6, 6.07) is 20.0. The van der Waals surface area contributed by atoms with E-state index in [2.05, 4.69) is 82.8 Å². The minimum absolute atomic E-state index is 0.190. The molecule has 0 amide bonds. The summed E-state index contributed by atoms with van der Waals surface area (Å²) in [4.78, 5) is 18.3. The Morgan fingerprint density at radius 1 is 0.944 bits per heavy atom. The Hall–Kier alpha value is -2.55. The van der Waals surface area contributed by atoms with Crippen LogP contribution in [0.4, 0.5) is 0 Å². The first-order valence-corrected chi connectivity index (χ1v) is 13.8. The molecule has 2 aromatic heterocycles. The highest BCUT2D eigenvalue weighted by molar-refractivity contribution is 9.11. The fraction of sp³-hybridized carbons (Fsp3) is 0.179. The van der Waals surface area contributed by atoms with Gasteiger partial charge in [-0.25, -0.2) is 4.98 Å². The maximum atomic E-state index is 13.5. The Bertz CT molecular complexity index is 1710. The standard InChI is InChI=1S/C28H23Br3N4O/c1-28(2,3)27-33-24-11-10-19(29)12-22(24)26(36)35(27)32-14-18-16-34(25-7-5-4-6-21(18)25)15-17-8-9-20(30)13-23(17)31/h4-14,16H,15H2,1-3H3. The first-order chi connectivity index (χ1) is 17.1. The van der Waals surface area contributed by atoms with Crippen LogP contribution in [-0.2, 0) is 12.0 Å². The molecule has 0 spiro atoms. The van der Waals surface area contributed by atoms with Gasteiger partial charge in [0.05, 0.1) is 17.1 Å². The number of fused-ring (bicyclic) bond motifs is 2. The second-order valence-corrected chi connectivity index (χ2v) is 12.4. The van der Waals surface area contributed by atoms with Crippen LogP contribution in [0.3, 0.4) is 0 Å². The number of nitrogens with zero attached hydrogens (tertiary/aromatic N) is 4. The molecule has 5 rings (SSSR count). The molecule has 5 aromatic rings. The van der Waals surface area contributed by atoms with Gasteiger partial charge in [0.2, 0.25) is 0 Å². The molecule has 0 aliphatic carbocycles. The highest BCUT2D eigenvalue weighted by atomic mass is 79.9. The molecule has 2 heterocycles. The summed E-state index contributed by atoms with van der Waals surface area (Å²) >= 11 is 10.7. The summed E-state index contributed by atoms with van der Waals surface area (Å²) in [7, 11) is 0. The van der Waals surface area contributed by atoms with Gasteiger partial charge >= 0.3 is 0 Å². The van der Waals surface area contributed by atoms with Crippen LogP contribution in [0.1, 0.15) is 37.7 Å². The van der Waals surface area contributed by atoms with Crippen molar-refractivity contribution < 1.29 is 0 Å². The van der Waals surface area contributed by atoms with Gasteiger partial charge in [0, 0.05) is 48.0 Å². The molecular weight excluding hydrogens is 648 g/mol. The Labute approximate surface area is 234 Å². The largest absolute Gasteiger partial charge is 0.342 e. The average Bonchev–Trinajstić information content (AvgIpc) is 3.17. The van der Waals surface area contributed by atoms with Crippen molar-refractivity contribution >= 4 is 75.8 Å². The monoisotopic (exact) mass is 668 g/mol. The molecule has 0 atom stereocenters. The molecule has 0 saturated carbocycles. The third-order valence-corrected chi connectivity index (χ3v) is 7.69. The molecule has 0 bridgehead atoms. The molecule has 8 heteroatoms. The number of para-hydroxylation sites is 1. The number of benzene rings is 3. The topological polar surface area (TPSA) is 52.2 Å². The molecule has 0 saturated heterocycles. The van der Waals surface area contributed by atoms with Gasteiger partial charge in [-0.15, -0.1) is 0 Å². The van der Waals surface area contributed by atoms with Crippen molar-refractivity contribution in [2.24, 2.45) is 5.10 Å². The van der Waals surface area contributed by atoms with E-state index in [1.807, 2.05) is 51.1 Å². The molecule has 0 fully saturated rings. The third-order valence-electron chi connectivity index (χ3n) is 5.97. The molecular formula is C28H23Br3N4O. The van der Waals surface area contributed by atoms with E-state index >= 15 is 0 Å². The van der Waals surface area contributed by atoms with Crippen LogP contribution in [-0.4, -0.2) is 20.4 Å². The summed E-state index contributed by atoms with van der Waals surface area (Å²) < 4.78 is 6.54. The summed E-state index contributed by atoms with van der Waals surface area (Å²) in [5.74, 6) is 0.612. The zero-order chi connectivity index (χ0) is 25.6. The van der Waals surface area contributed by atoms with Crippen molar-refractivity contribution in [2.75, 3.05) is 0 Å². The van der Waals surface area contributed by atoms with Gasteiger partial charge in [-0.05, 0) is 42.0 Å². The van der Waals surface area contributed by atoms with Gasteiger partial charge in [0.15, 0.2) is 0 Å². The number of halogens is 3. The zero-order valence-electron chi connectivity index (χ0n) is 20.0. The maximum absolute atomic E-state index is 13.5. The van der Waals surface area contributed by atoms with Crippen molar-refractivity contribution in [2.45, 2.75) is 32.7 Å². The summed E-state index contributed by atoms with van der Waals surface area (Å²) in [5.41, 5.74) is 3.29. The van der Waals surface area contributed by atoms with Gasteiger partial charge in [-0.2, -0.15) is 9.78 Å². The van der Waals surface area contributed by atoms with Crippen molar-refractivity contribution in [3.63, 3.8) is 0 Å². The van der Waals surface area contributed by atoms with Crippen molar-refractivity contribution in [3.8, 4) is 0 Å². The van der Waals surface area contributed by atoms with Crippen LogP contribution in [0.2, 0.25) is 0 Å². The minimum atomic E-state index is -0.375. The fourth-order valence-corrected chi connectivity index (χ4v) is 5.74. The van der Waals surface area contributed by atoms with Crippen molar-refractivity contribution in [1.82, 2.24) is 14.2 Å². The lowest BCUT2D eigenvalue weighted by atomic mass is 9.95. The molecule has 3 aromatic carbocycles. The zero-order valence-corrected chi connectivity index (χ0v) is 24.7. The molecule has 0 unspecified atom stereocenters. The molecule has 182 valence electrons. The SMILES string of the molecule is CC(C)(C)c1nc2ccc(Br)cc2c(=O)n1N=Cc1cn(Cc2ccc(Br)cc2Br)c2ccccc12. The molecule has 0 aliphatic heterocycles. The smallest absolute Gasteiger partial charge is 0.282 e. The van der Waals surface area contributed by atoms with Crippen LogP contribution in [0.5, 0.6) is 0 Å². The summed E-state index contributed by atoms with van der Waals surface area (Å²) in [6.45, 7) is 6.80. The molecule has 36 heavy (non-hydrogen) atoms. The number of hydrogen-bond acceptors (Lipinski definition) is 3. The lowest BCUT2D eigenvalue weighted by molar-refractivity contribution is 0.506.